The third kappa shape index (κ3) is 5.12. The Morgan fingerprint density at radius 3 is 2.64 bits per heavy atom. The van der Waals surface area contributed by atoms with Crippen molar-refractivity contribution in [3.8, 4) is 5.75 Å². The molecule has 3 nitrogen and oxygen atoms in total. The number of benzene rings is 2. The monoisotopic (exact) mass is 381 g/mol. The van der Waals surface area contributed by atoms with E-state index in [2.05, 4.69) is 16.1 Å². The van der Waals surface area contributed by atoms with E-state index in [1.54, 1.807) is 6.07 Å². The molecule has 1 saturated heterocycles. The van der Waals surface area contributed by atoms with Gasteiger partial charge in [0.1, 0.15) is 5.75 Å². The lowest BCUT2D eigenvalue weighted by Gasteiger charge is -2.21. The lowest BCUT2D eigenvalue weighted by atomic mass is 10.2. The molecule has 0 bridgehead atoms. The van der Waals surface area contributed by atoms with Crippen LogP contribution in [0.4, 0.5) is 14.5 Å². The zero-order valence-corrected chi connectivity index (χ0v) is 14.9. The highest BCUT2D eigenvalue weighted by molar-refractivity contribution is 8.16. The summed E-state index contributed by atoms with van der Waals surface area (Å²) in [5, 5.41) is 2.82. The van der Waals surface area contributed by atoms with Crippen molar-refractivity contribution in [1.82, 2.24) is 0 Å². The minimum absolute atomic E-state index is 0.0357. The van der Waals surface area contributed by atoms with Gasteiger partial charge in [0, 0.05) is 11.3 Å². The highest BCUT2D eigenvalue weighted by atomic mass is 32.2. The first kappa shape index (κ1) is 18.1. The number of amides is 1. The molecule has 0 atom stereocenters. The fourth-order valence-corrected chi connectivity index (χ4v) is 5.33. The lowest BCUT2D eigenvalue weighted by Crippen LogP contribution is -2.12. The van der Waals surface area contributed by atoms with Crippen LogP contribution in [0.3, 0.4) is 0 Å². The molecule has 0 aliphatic carbocycles. The van der Waals surface area contributed by atoms with Crippen LogP contribution in [0.25, 0.3) is 0 Å². The van der Waals surface area contributed by atoms with Crippen LogP contribution in [0.2, 0.25) is 0 Å². The Morgan fingerprint density at radius 2 is 1.88 bits per heavy atom. The van der Waals surface area contributed by atoms with E-state index in [0.717, 1.165) is 11.5 Å². The number of hydrogen-bond acceptors (Lipinski definition) is 4. The number of nitrogens with one attached hydrogen (secondary N) is 1. The molecule has 1 aliphatic heterocycles. The van der Waals surface area contributed by atoms with E-state index in [0.29, 0.717) is 10.3 Å². The molecular formula is C18H17F2NO2S2. The summed E-state index contributed by atoms with van der Waals surface area (Å²) in [5.74, 6) is 1.89. The van der Waals surface area contributed by atoms with Gasteiger partial charge >= 0.3 is 6.61 Å². The average molecular weight is 381 g/mol. The second-order valence-corrected chi connectivity index (χ2v) is 8.14. The van der Waals surface area contributed by atoms with Crippen LogP contribution in [0.15, 0.2) is 48.5 Å². The molecule has 3 rings (SSSR count). The number of thioether (sulfide) groups is 2. The van der Waals surface area contributed by atoms with Gasteiger partial charge in [-0.3, -0.25) is 4.79 Å². The molecular weight excluding hydrogens is 364 g/mol. The highest BCUT2D eigenvalue weighted by Crippen LogP contribution is 2.44. The second-order valence-electron chi connectivity index (χ2n) is 5.41. The predicted molar refractivity (Wildman–Crippen MR) is 99.7 cm³/mol. The summed E-state index contributed by atoms with van der Waals surface area (Å²) in [7, 11) is 0. The highest BCUT2D eigenvalue weighted by Gasteiger charge is 2.17. The molecule has 2 aromatic carbocycles. The molecule has 2 aromatic rings. The number of halogens is 2. The predicted octanol–water partition coefficient (Wildman–Crippen LogP) is 5.41. The first-order chi connectivity index (χ1) is 12.1. The second kappa shape index (κ2) is 8.58. The Balaban J connectivity index is 1.70. The molecule has 0 spiro atoms. The molecule has 1 aliphatic rings. The summed E-state index contributed by atoms with van der Waals surface area (Å²) in [6, 6.07) is 13.5. The number of carbonyl (C=O) groups is 1. The Morgan fingerprint density at radius 1 is 1.12 bits per heavy atom. The zero-order chi connectivity index (χ0) is 17.6. The number of alkyl halides is 2. The van der Waals surface area contributed by atoms with Crippen molar-refractivity contribution < 1.29 is 18.3 Å². The van der Waals surface area contributed by atoms with E-state index in [1.165, 1.54) is 30.2 Å². The molecule has 1 heterocycles. The number of carbonyl (C=O) groups excluding carboxylic acids is 1. The normalized spacial score (nSPS) is 15.2. The Hall–Kier alpha value is -1.73. The summed E-state index contributed by atoms with van der Waals surface area (Å²) in [6.07, 6.45) is 1.22. The lowest BCUT2D eigenvalue weighted by molar-refractivity contribution is -0.0498. The van der Waals surface area contributed by atoms with Crippen molar-refractivity contribution in [2.24, 2.45) is 0 Å². The van der Waals surface area contributed by atoms with E-state index in [4.69, 9.17) is 0 Å². The van der Waals surface area contributed by atoms with Gasteiger partial charge in [0.05, 0.1) is 4.58 Å². The maximum Gasteiger partial charge on any atom is 0.387 e. The number of rotatable bonds is 5. The topological polar surface area (TPSA) is 38.3 Å². The van der Waals surface area contributed by atoms with E-state index in [1.807, 2.05) is 41.7 Å². The maximum atomic E-state index is 12.4. The molecule has 1 fully saturated rings. The average Bonchev–Trinajstić information content (AvgIpc) is 2.62. The van der Waals surface area contributed by atoms with Gasteiger partial charge in [-0.2, -0.15) is 8.78 Å². The Kier molecular flexibility index (Phi) is 6.20. The van der Waals surface area contributed by atoms with Gasteiger partial charge in [-0.15, -0.1) is 23.5 Å². The van der Waals surface area contributed by atoms with Gasteiger partial charge < -0.3 is 10.1 Å². The number of ether oxygens (including phenoxy) is 1. The minimum atomic E-state index is -2.92. The van der Waals surface area contributed by atoms with E-state index in [-0.39, 0.29) is 17.2 Å². The summed E-state index contributed by atoms with van der Waals surface area (Å²) in [6.45, 7) is -2.92. The van der Waals surface area contributed by atoms with Crippen LogP contribution >= 0.6 is 23.5 Å². The minimum Gasteiger partial charge on any atom is -0.435 e. The quantitative estimate of drug-likeness (QED) is 0.752. The summed E-state index contributed by atoms with van der Waals surface area (Å²) >= 11 is 3.82. The standard InChI is InChI=1S/C18H17F2NO2S2/c19-18(20)23-15-7-2-4-12(11-15)16(22)21-14-6-1-5-13(10-14)17-24-8-3-9-25-17/h1-2,4-7,10-11,17-18H,3,8-9H2,(H,21,22). The van der Waals surface area contributed by atoms with Gasteiger partial charge in [-0.25, -0.2) is 0 Å². The molecule has 1 N–H and O–H groups in total. The van der Waals surface area contributed by atoms with Crippen LogP contribution in [-0.4, -0.2) is 24.0 Å². The van der Waals surface area contributed by atoms with Crippen molar-refractivity contribution in [2.45, 2.75) is 17.6 Å². The van der Waals surface area contributed by atoms with Crippen molar-refractivity contribution in [3.05, 3.63) is 59.7 Å². The van der Waals surface area contributed by atoms with Gasteiger partial charge in [-0.1, -0.05) is 18.2 Å². The van der Waals surface area contributed by atoms with Crippen LogP contribution in [0.1, 0.15) is 26.9 Å². The molecule has 0 radical (unpaired) electrons. The molecule has 1 amide bonds. The van der Waals surface area contributed by atoms with Crippen molar-refractivity contribution in [3.63, 3.8) is 0 Å². The molecule has 0 unspecified atom stereocenters. The third-order valence-electron chi connectivity index (χ3n) is 3.57. The van der Waals surface area contributed by atoms with Crippen molar-refractivity contribution in [2.75, 3.05) is 16.8 Å². The number of anilines is 1. The van der Waals surface area contributed by atoms with Crippen LogP contribution in [0.5, 0.6) is 5.75 Å². The van der Waals surface area contributed by atoms with Gasteiger partial charge in [0.15, 0.2) is 0 Å². The van der Waals surface area contributed by atoms with Crippen molar-refractivity contribution >= 4 is 35.1 Å². The summed E-state index contributed by atoms with van der Waals surface area (Å²) in [5.41, 5.74) is 2.13. The zero-order valence-electron chi connectivity index (χ0n) is 13.3. The van der Waals surface area contributed by atoms with E-state index in [9.17, 15) is 13.6 Å². The summed E-state index contributed by atoms with van der Waals surface area (Å²) in [4.78, 5) is 12.4. The van der Waals surface area contributed by atoms with Crippen molar-refractivity contribution in [1.29, 1.82) is 0 Å². The first-order valence-electron chi connectivity index (χ1n) is 7.81. The fraction of sp³-hybridized carbons (Fsp3) is 0.278. The Bertz CT molecular complexity index is 737. The Labute approximate surface area is 153 Å². The molecule has 25 heavy (non-hydrogen) atoms. The van der Waals surface area contributed by atoms with Crippen LogP contribution in [0, 0.1) is 0 Å². The van der Waals surface area contributed by atoms with E-state index < -0.39 is 6.61 Å². The van der Waals surface area contributed by atoms with E-state index >= 15 is 0 Å². The largest absolute Gasteiger partial charge is 0.435 e. The molecule has 0 saturated carbocycles. The van der Waals surface area contributed by atoms with Gasteiger partial charge in [0.25, 0.3) is 5.91 Å². The SMILES string of the molecule is O=C(Nc1cccc(C2SCCCS2)c1)c1cccc(OC(F)F)c1. The smallest absolute Gasteiger partial charge is 0.387 e. The van der Waals surface area contributed by atoms with Gasteiger partial charge in [-0.05, 0) is 53.8 Å². The molecule has 132 valence electrons. The third-order valence-corrected chi connectivity index (χ3v) is 6.58. The first-order valence-corrected chi connectivity index (χ1v) is 9.91. The van der Waals surface area contributed by atoms with Crippen LogP contribution < -0.4 is 10.1 Å². The molecule has 7 heteroatoms. The van der Waals surface area contributed by atoms with Gasteiger partial charge in [0.2, 0.25) is 0 Å². The molecule has 0 aromatic heterocycles. The summed E-state index contributed by atoms with van der Waals surface area (Å²) < 4.78 is 29.3. The fourth-order valence-electron chi connectivity index (χ4n) is 2.46. The van der Waals surface area contributed by atoms with Crippen LogP contribution in [-0.2, 0) is 0 Å². The number of hydrogen-bond donors (Lipinski definition) is 1. The maximum absolute atomic E-state index is 12.4.